The van der Waals surface area contributed by atoms with Gasteiger partial charge in [-0.1, -0.05) is 0 Å². The van der Waals surface area contributed by atoms with E-state index < -0.39 is 22.3 Å². The van der Waals surface area contributed by atoms with E-state index >= 15 is 0 Å². The van der Waals surface area contributed by atoms with Crippen molar-refractivity contribution in [3.63, 3.8) is 0 Å². The number of nitrogens with two attached hydrogens (primary N) is 1. The maximum Gasteiger partial charge on any atom is 0.273 e. The van der Waals surface area contributed by atoms with Crippen LogP contribution < -0.4 is 11.1 Å². The van der Waals surface area contributed by atoms with E-state index in [1.54, 1.807) is 0 Å². The van der Waals surface area contributed by atoms with Crippen LogP contribution in [0.25, 0.3) is 0 Å². The molecule has 1 aliphatic rings. The van der Waals surface area contributed by atoms with Gasteiger partial charge in [-0.3, -0.25) is 14.9 Å². The van der Waals surface area contributed by atoms with Crippen LogP contribution in [0.5, 0.6) is 0 Å². The Kier molecular flexibility index (Phi) is 3.75. The van der Waals surface area contributed by atoms with Crippen LogP contribution in [0.1, 0.15) is 29.6 Å². The third-order valence-electron chi connectivity index (χ3n) is 3.24. The molecule has 19 heavy (non-hydrogen) atoms. The highest BCUT2D eigenvalue weighted by Gasteiger charge is 2.26. The first-order valence-electron chi connectivity index (χ1n) is 5.99. The first-order valence-corrected chi connectivity index (χ1v) is 5.99. The summed E-state index contributed by atoms with van der Waals surface area (Å²) < 4.78 is 13.2. The quantitative estimate of drug-likeness (QED) is 0.637. The number of non-ortho nitro benzene ring substituents is 1. The lowest BCUT2D eigenvalue weighted by Gasteiger charge is -2.17. The van der Waals surface area contributed by atoms with Crippen molar-refractivity contribution in [1.29, 1.82) is 0 Å². The summed E-state index contributed by atoms with van der Waals surface area (Å²) in [6.07, 6.45) is 2.52. The number of carbonyl (C=O) groups is 1. The number of halogens is 1. The van der Waals surface area contributed by atoms with Gasteiger partial charge >= 0.3 is 0 Å². The number of nitrogens with zero attached hydrogens (tertiary/aromatic N) is 1. The lowest BCUT2D eigenvalue weighted by molar-refractivity contribution is -0.385. The molecule has 6 nitrogen and oxygen atoms in total. The second kappa shape index (κ2) is 5.31. The Bertz CT molecular complexity index is 521. The molecule has 1 saturated carbocycles. The zero-order chi connectivity index (χ0) is 14.0. The lowest BCUT2D eigenvalue weighted by Crippen LogP contribution is -2.44. The Morgan fingerprint density at radius 2 is 2.16 bits per heavy atom. The predicted molar refractivity (Wildman–Crippen MR) is 66.1 cm³/mol. The molecular formula is C12H14FN3O3. The third kappa shape index (κ3) is 3.05. The SMILES string of the molecule is NC1CCCC1NC(=O)c1cc(F)cc([N+](=O)[O-])c1. The molecule has 1 amide bonds. The van der Waals surface area contributed by atoms with Gasteiger partial charge in [-0.2, -0.15) is 0 Å². The van der Waals surface area contributed by atoms with E-state index in [0.29, 0.717) is 0 Å². The minimum absolute atomic E-state index is 0.0641. The Morgan fingerprint density at radius 3 is 2.74 bits per heavy atom. The van der Waals surface area contributed by atoms with E-state index in [2.05, 4.69) is 5.32 Å². The monoisotopic (exact) mass is 267 g/mol. The smallest absolute Gasteiger partial charge is 0.273 e. The van der Waals surface area contributed by atoms with Crippen LogP contribution in [0, 0.1) is 15.9 Å². The summed E-state index contributed by atoms with van der Waals surface area (Å²) in [6, 6.07) is 2.53. The molecule has 0 heterocycles. The molecule has 0 bridgehead atoms. The van der Waals surface area contributed by atoms with E-state index in [1.807, 2.05) is 0 Å². The van der Waals surface area contributed by atoms with Crippen molar-refractivity contribution in [1.82, 2.24) is 5.32 Å². The zero-order valence-electron chi connectivity index (χ0n) is 10.1. The molecule has 7 heteroatoms. The van der Waals surface area contributed by atoms with E-state index in [0.717, 1.165) is 37.5 Å². The van der Waals surface area contributed by atoms with Crippen molar-refractivity contribution in [2.45, 2.75) is 31.3 Å². The van der Waals surface area contributed by atoms with Gasteiger partial charge in [-0.05, 0) is 25.3 Å². The topological polar surface area (TPSA) is 98.3 Å². The number of nitrogens with one attached hydrogen (secondary N) is 1. The van der Waals surface area contributed by atoms with E-state index in [9.17, 15) is 19.3 Å². The molecule has 1 aromatic rings. The third-order valence-corrected chi connectivity index (χ3v) is 3.24. The van der Waals surface area contributed by atoms with Crippen molar-refractivity contribution in [2.24, 2.45) is 5.73 Å². The summed E-state index contributed by atoms with van der Waals surface area (Å²) in [6.45, 7) is 0. The molecule has 0 spiro atoms. The molecular weight excluding hydrogens is 253 g/mol. The van der Waals surface area contributed by atoms with Crippen LogP contribution in [0.4, 0.5) is 10.1 Å². The summed E-state index contributed by atoms with van der Waals surface area (Å²) in [4.78, 5) is 21.8. The van der Waals surface area contributed by atoms with Crippen molar-refractivity contribution in [3.8, 4) is 0 Å². The lowest BCUT2D eigenvalue weighted by atomic mass is 10.1. The summed E-state index contributed by atoms with van der Waals surface area (Å²) in [5.74, 6) is -1.35. The van der Waals surface area contributed by atoms with Gasteiger partial charge in [0.25, 0.3) is 11.6 Å². The zero-order valence-corrected chi connectivity index (χ0v) is 10.1. The Balaban J connectivity index is 2.16. The number of hydrogen-bond acceptors (Lipinski definition) is 4. The van der Waals surface area contributed by atoms with Crippen LogP contribution in [-0.2, 0) is 0 Å². The van der Waals surface area contributed by atoms with Crippen LogP contribution in [0.3, 0.4) is 0 Å². The normalized spacial score (nSPS) is 22.2. The van der Waals surface area contributed by atoms with Crippen LogP contribution in [0.2, 0.25) is 0 Å². The van der Waals surface area contributed by atoms with Gasteiger partial charge in [0.05, 0.1) is 11.0 Å². The summed E-state index contributed by atoms with van der Waals surface area (Å²) in [7, 11) is 0. The number of benzene rings is 1. The van der Waals surface area contributed by atoms with E-state index in [4.69, 9.17) is 5.73 Å². The van der Waals surface area contributed by atoms with E-state index in [-0.39, 0.29) is 17.6 Å². The first kappa shape index (κ1) is 13.4. The number of hydrogen-bond donors (Lipinski definition) is 2. The summed E-state index contributed by atoms with van der Waals surface area (Å²) in [5, 5.41) is 13.3. The Hall–Kier alpha value is -2.02. The second-order valence-electron chi connectivity index (χ2n) is 4.63. The molecule has 0 saturated heterocycles. The van der Waals surface area contributed by atoms with Crippen molar-refractivity contribution < 1.29 is 14.1 Å². The maximum absolute atomic E-state index is 13.2. The molecule has 0 radical (unpaired) electrons. The maximum atomic E-state index is 13.2. The average Bonchev–Trinajstić information content (AvgIpc) is 2.74. The standard InChI is InChI=1S/C12H14FN3O3/c13-8-4-7(5-9(6-8)16(18)19)12(17)15-11-3-1-2-10(11)14/h4-6,10-11H,1-3,14H2,(H,15,17). The largest absolute Gasteiger partial charge is 0.348 e. The molecule has 2 atom stereocenters. The van der Waals surface area contributed by atoms with Crippen LogP contribution in [0.15, 0.2) is 18.2 Å². The number of amides is 1. The predicted octanol–water partition coefficient (Wildman–Crippen LogP) is 1.34. The average molecular weight is 267 g/mol. The van der Waals surface area contributed by atoms with Gasteiger partial charge < -0.3 is 11.1 Å². The molecule has 3 N–H and O–H groups in total. The number of carbonyl (C=O) groups excluding carboxylic acids is 1. The molecule has 0 aliphatic heterocycles. The number of nitro groups is 1. The van der Waals surface area contributed by atoms with Gasteiger partial charge in [-0.25, -0.2) is 4.39 Å². The highest BCUT2D eigenvalue weighted by atomic mass is 19.1. The molecule has 1 aliphatic carbocycles. The Morgan fingerprint density at radius 1 is 1.42 bits per heavy atom. The molecule has 0 aromatic heterocycles. The van der Waals surface area contributed by atoms with Crippen molar-refractivity contribution in [2.75, 3.05) is 0 Å². The molecule has 1 aromatic carbocycles. The summed E-state index contributed by atoms with van der Waals surface area (Å²) in [5.41, 5.74) is 5.31. The van der Waals surface area contributed by atoms with Crippen molar-refractivity contribution >= 4 is 11.6 Å². The van der Waals surface area contributed by atoms with Crippen LogP contribution in [-0.4, -0.2) is 22.9 Å². The molecule has 1 fully saturated rings. The van der Waals surface area contributed by atoms with Gasteiger partial charge in [0, 0.05) is 23.7 Å². The first-order chi connectivity index (χ1) is 8.97. The minimum Gasteiger partial charge on any atom is -0.348 e. The van der Waals surface area contributed by atoms with Gasteiger partial charge in [-0.15, -0.1) is 0 Å². The molecule has 2 unspecified atom stereocenters. The van der Waals surface area contributed by atoms with Gasteiger partial charge in [0.1, 0.15) is 5.82 Å². The van der Waals surface area contributed by atoms with Gasteiger partial charge in [0.15, 0.2) is 0 Å². The fourth-order valence-electron chi connectivity index (χ4n) is 2.23. The summed E-state index contributed by atoms with van der Waals surface area (Å²) >= 11 is 0. The Labute approximate surface area is 108 Å². The number of nitro benzene ring substituents is 1. The minimum atomic E-state index is -0.810. The number of rotatable bonds is 3. The van der Waals surface area contributed by atoms with Crippen molar-refractivity contribution in [3.05, 3.63) is 39.7 Å². The fraction of sp³-hybridized carbons (Fsp3) is 0.417. The highest BCUT2D eigenvalue weighted by molar-refractivity contribution is 5.95. The van der Waals surface area contributed by atoms with Gasteiger partial charge in [0.2, 0.25) is 0 Å². The molecule has 102 valence electrons. The highest BCUT2D eigenvalue weighted by Crippen LogP contribution is 2.19. The van der Waals surface area contributed by atoms with Crippen LogP contribution >= 0.6 is 0 Å². The second-order valence-corrected chi connectivity index (χ2v) is 4.63. The van der Waals surface area contributed by atoms with E-state index in [1.165, 1.54) is 0 Å². The fourth-order valence-corrected chi connectivity index (χ4v) is 2.23. The molecule has 2 rings (SSSR count).